The Morgan fingerprint density at radius 1 is 1.48 bits per heavy atom. The van der Waals surface area contributed by atoms with E-state index in [9.17, 15) is 4.79 Å². The van der Waals surface area contributed by atoms with Gasteiger partial charge in [0.15, 0.2) is 0 Å². The highest BCUT2D eigenvalue weighted by Crippen LogP contribution is 2.17. The highest BCUT2D eigenvalue weighted by Gasteiger charge is 2.20. The molecule has 5 nitrogen and oxygen atoms in total. The average molecular weight is 287 g/mol. The van der Waals surface area contributed by atoms with Crippen LogP contribution in [0, 0.1) is 17.2 Å². The number of nitriles is 1. The summed E-state index contributed by atoms with van der Waals surface area (Å²) >= 11 is 0. The number of piperidine rings is 1. The highest BCUT2D eigenvalue weighted by molar-refractivity contribution is 5.92. The van der Waals surface area contributed by atoms with Gasteiger partial charge in [0.25, 0.3) is 0 Å². The van der Waals surface area contributed by atoms with Gasteiger partial charge in [-0.25, -0.2) is 0 Å². The summed E-state index contributed by atoms with van der Waals surface area (Å²) < 4.78 is 5.17. The number of amides is 1. The molecule has 0 aromatic heterocycles. The smallest absolute Gasteiger partial charge is 0.238 e. The number of rotatable bonds is 5. The number of benzene rings is 1. The van der Waals surface area contributed by atoms with Crippen LogP contribution < -0.4 is 5.32 Å². The Kier molecular flexibility index (Phi) is 5.73. The van der Waals surface area contributed by atoms with Crippen LogP contribution in [0.1, 0.15) is 18.4 Å². The maximum atomic E-state index is 12.0. The van der Waals surface area contributed by atoms with E-state index in [1.807, 2.05) is 0 Å². The Hall–Kier alpha value is -1.90. The minimum Gasteiger partial charge on any atom is -0.384 e. The summed E-state index contributed by atoms with van der Waals surface area (Å²) in [4.78, 5) is 14.2. The lowest BCUT2D eigenvalue weighted by Gasteiger charge is -2.30. The van der Waals surface area contributed by atoms with E-state index in [4.69, 9.17) is 10.00 Å². The van der Waals surface area contributed by atoms with Gasteiger partial charge < -0.3 is 10.1 Å². The molecule has 1 aliphatic heterocycles. The molecule has 1 aromatic rings. The second kappa shape index (κ2) is 7.77. The molecule has 21 heavy (non-hydrogen) atoms. The number of ether oxygens (including phenoxy) is 1. The number of hydrogen-bond acceptors (Lipinski definition) is 4. The predicted octanol–water partition coefficient (Wildman–Crippen LogP) is 1.86. The zero-order chi connectivity index (χ0) is 15.1. The van der Waals surface area contributed by atoms with Gasteiger partial charge in [0.1, 0.15) is 0 Å². The van der Waals surface area contributed by atoms with Crippen LogP contribution in [-0.4, -0.2) is 44.2 Å². The third kappa shape index (κ3) is 4.85. The van der Waals surface area contributed by atoms with E-state index in [0.717, 1.165) is 32.5 Å². The normalized spacial score (nSPS) is 16.4. The number of nitrogens with zero attached hydrogens (tertiary/aromatic N) is 2. The highest BCUT2D eigenvalue weighted by atomic mass is 16.5. The lowest BCUT2D eigenvalue weighted by Crippen LogP contribution is -2.40. The van der Waals surface area contributed by atoms with Crippen molar-refractivity contribution < 1.29 is 9.53 Å². The fourth-order valence-electron chi connectivity index (χ4n) is 2.62. The van der Waals surface area contributed by atoms with Crippen molar-refractivity contribution in [1.29, 1.82) is 5.26 Å². The minimum atomic E-state index is -0.0321. The second-order valence-electron chi connectivity index (χ2n) is 5.42. The number of hydrogen-bond donors (Lipinski definition) is 1. The van der Waals surface area contributed by atoms with E-state index in [2.05, 4.69) is 16.3 Å². The van der Waals surface area contributed by atoms with Gasteiger partial charge in [-0.2, -0.15) is 5.26 Å². The first-order valence-electron chi connectivity index (χ1n) is 7.22. The molecule has 1 amide bonds. The summed E-state index contributed by atoms with van der Waals surface area (Å²) in [5.41, 5.74) is 1.22. The van der Waals surface area contributed by atoms with Crippen molar-refractivity contribution in [2.24, 2.45) is 5.92 Å². The molecule has 0 unspecified atom stereocenters. The Balaban J connectivity index is 1.79. The van der Waals surface area contributed by atoms with E-state index in [0.29, 0.717) is 23.7 Å². The summed E-state index contributed by atoms with van der Waals surface area (Å²) in [5.74, 6) is 0.580. The molecule has 0 bridgehead atoms. The van der Waals surface area contributed by atoms with Crippen LogP contribution in [0.15, 0.2) is 24.3 Å². The van der Waals surface area contributed by atoms with Crippen LogP contribution in [0.25, 0.3) is 0 Å². The van der Waals surface area contributed by atoms with Gasteiger partial charge in [-0.3, -0.25) is 9.69 Å². The van der Waals surface area contributed by atoms with E-state index in [1.165, 1.54) is 0 Å². The van der Waals surface area contributed by atoms with Crippen molar-refractivity contribution >= 4 is 11.6 Å². The molecule has 1 saturated heterocycles. The fourth-order valence-corrected chi connectivity index (χ4v) is 2.62. The van der Waals surface area contributed by atoms with Gasteiger partial charge in [0.05, 0.1) is 18.2 Å². The third-order valence-corrected chi connectivity index (χ3v) is 3.75. The number of nitrogens with one attached hydrogen (secondary N) is 1. The number of carbonyl (C=O) groups is 1. The second-order valence-corrected chi connectivity index (χ2v) is 5.42. The molecule has 0 aliphatic carbocycles. The van der Waals surface area contributed by atoms with Gasteiger partial charge in [0.2, 0.25) is 5.91 Å². The van der Waals surface area contributed by atoms with Crippen molar-refractivity contribution in [3.05, 3.63) is 29.8 Å². The van der Waals surface area contributed by atoms with E-state index < -0.39 is 0 Å². The molecule has 0 spiro atoms. The maximum Gasteiger partial charge on any atom is 0.238 e. The molecule has 0 radical (unpaired) electrons. The summed E-state index contributed by atoms with van der Waals surface area (Å²) in [6.45, 7) is 3.07. The molecule has 1 aliphatic rings. The Morgan fingerprint density at radius 2 is 2.24 bits per heavy atom. The Labute approximate surface area is 125 Å². The molecule has 112 valence electrons. The molecular weight excluding hydrogens is 266 g/mol. The first-order valence-corrected chi connectivity index (χ1v) is 7.22. The van der Waals surface area contributed by atoms with E-state index in [-0.39, 0.29) is 5.91 Å². The molecule has 5 heteroatoms. The SMILES string of the molecule is COCC1CCN(CC(=O)Nc2cccc(C#N)c2)CC1. The first-order chi connectivity index (χ1) is 10.2. The third-order valence-electron chi connectivity index (χ3n) is 3.75. The minimum absolute atomic E-state index is 0.0321. The molecule has 1 aromatic carbocycles. The van der Waals surface area contributed by atoms with Crippen LogP contribution in [-0.2, 0) is 9.53 Å². The average Bonchev–Trinajstić information content (AvgIpc) is 2.49. The van der Waals surface area contributed by atoms with Crippen LogP contribution in [0.3, 0.4) is 0 Å². The zero-order valence-electron chi connectivity index (χ0n) is 12.3. The van der Waals surface area contributed by atoms with Crippen molar-refractivity contribution in [1.82, 2.24) is 4.90 Å². The van der Waals surface area contributed by atoms with Crippen molar-refractivity contribution in [3.8, 4) is 6.07 Å². The van der Waals surface area contributed by atoms with E-state index in [1.54, 1.807) is 31.4 Å². The van der Waals surface area contributed by atoms with Gasteiger partial charge in [0, 0.05) is 19.4 Å². The summed E-state index contributed by atoms with van der Waals surface area (Å²) in [6.07, 6.45) is 2.15. The Morgan fingerprint density at radius 3 is 2.90 bits per heavy atom. The molecule has 1 fully saturated rings. The topological polar surface area (TPSA) is 65.4 Å². The van der Waals surface area contributed by atoms with Gasteiger partial charge in [-0.05, 0) is 50.0 Å². The van der Waals surface area contributed by atoms with Crippen molar-refractivity contribution in [3.63, 3.8) is 0 Å². The van der Waals surface area contributed by atoms with Gasteiger partial charge in [-0.1, -0.05) is 6.07 Å². The van der Waals surface area contributed by atoms with Crippen molar-refractivity contribution in [2.45, 2.75) is 12.8 Å². The molecule has 0 saturated carbocycles. The predicted molar refractivity (Wildman–Crippen MR) is 80.8 cm³/mol. The van der Waals surface area contributed by atoms with Crippen LogP contribution in [0.2, 0.25) is 0 Å². The Bertz CT molecular complexity index is 516. The lowest BCUT2D eigenvalue weighted by atomic mass is 9.98. The monoisotopic (exact) mass is 287 g/mol. The number of carbonyl (C=O) groups excluding carboxylic acids is 1. The summed E-state index contributed by atoms with van der Waals surface area (Å²) in [6, 6.07) is 9.03. The van der Waals surface area contributed by atoms with Crippen LogP contribution in [0.4, 0.5) is 5.69 Å². The molecule has 1 heterocycles. The summed E-state index contributed by atoms with van der Waals surface area (Å²) in [5, 5.41) is 11.7. The van der Waals surface area contributed by atoms with Crippen LogP contribution >= 0.6 is 0 Å². The van der Waals surface area contributed by atoms with Crippen molar-refractivity contribution in [2.75, 3.05) is 38.7 Å². The van der Waals surface area contributed by atoms with E-state index >= 15 is 0 Å². The van der Waals surface area contributed by atoms with Gasteiger partial charge in [-0.15, -0.1) is 0 Å². The standard InChI is InChI=1S/C16H21N3O2/c1-21-12-13-5-7-19(8-6-13)11-16(20)18-15-4-2-3-14(9-15)10-17/h2-4,9,13H,5-8,11-12H2,1H3,(H,18,20). The number of likely N-dealkylation sites (tertiary alicyclic amines) is 1. The quantitative estimate of drug-likeness (QED) is 0.897. The molecule has 2 rings (SSSR count). The molecule has 1 N–H and O–H groups in total. The van der Waals surface area contributed by atoms with Crippen LogP contribution in [0.5, 0.6) is 0 Å². The van der Waals surface area contributed by atoms with Gasteiger partial charge >= 0.3 is 0 Å². The molecule has 0 atom stereocenters. The fraction of sp³-hybridized carbons (Fsp3) is 0.500. The maximum absolute atomic E-state index is 12.0. The lowest BCUT2D eigenvalue weighted by molar-refractivity contribution is -0.117. The zero-order valence-corrected chi connectivity index (χ0v) is 12.3. The summed E-state index contributed by atoms with van der Waals surface area (Å²) in [7, 11) is 1.73. The molecular formula is C16H21N3O2. The largest absolute Gasteiger partial charge is 0.384 e. The number of anilines is 1. The first kappa shape index (κ1) is 15.5. The number of methoxy groups -OCH3 is 1.